The van der Waals surface area contributed by atoms with Crippen LogP contribution >= 0.6 is 0 Å². The molecule has 0 aliphatic carbocycles. The zero-order valence-electron chi connectivity index (χ0n) is 10.2. The molecule has 0 aliphatic rings. The van der Waals surface area contributed by atoms with E-state index in [9.17, 15) is 0 Å². The third kappa shape index (κ3) is 1.85. The van der Waals surface area contributed by atoms with Crippen LogP contribution in [0.15, 0.2) is 34.9 Å². The van der Waals surface area contributed by atoms with Crippen LogP contribution in [0.3, 0.4) is 0 Å². The van der Waals surface area contributed by atoms with Crippen molar-refractivity contribution in [2.45, 2.75) is 26.3 Å². The van der Waals surface area contributed by atoms with Gasteiger partial charge in [-0.2, -0.15) is 0 Å². The minimum Gasteiger partial charge on any atom is -0.464 e. The van der Waals surface area contributed by atoms with Crippen LogP contribution in [0.25, 0.3) is 11.0 Å². The van der Waals surface area contributed by atoms with Gasteiger partial charge in [-0.3, -0.25) is 0 Å². The summed E-state index contributed by atoms with van der Waals surface area (Å²) in [4.78, 5) is 0. The molecular weight excluding hydrogens is 198 g/mol. The van der Waals surface area contributed by atoms with Crippen molar-refractivity contribution in [1.29, 1.82) is 0 Å². The van der Waals surface area contributed by atoms with Gasteiger partial charge in [-0.15, -0.1) is 0 Å². The SMILES string of the molecule is CCC(C)C(NC)c1coc2ccccc12. The van der Waals surface area contributed by atoms with Crippen molar-refractivity contribution in [3.63, 3.8) is 0 Å². The number of furan rings is 1. The predicted molar refractivity (Wildman–Crippen MR) is 67.5 cm³/mol. The summed E-state index contributed by atoms with van der Waals surface area (Å²) in [5, 5.41) is 4.61. The Balaban J connectivity index is 2.45. The number of benzene rings is 1. The van der Waals surface area contributed by atoms with Crippen molar-refractivity contribution >= 4 is 11.0 Å². The number of rotatable bonds is 4. The molecule has 1 N–H and O–H groups in total. The highest BCUT2D eigenvalue weighted by Crippen LogP contribution is 2.31. The summed E-state index contributed by atoms with van der Waals surface area (Å²) < 4.78 is 5.59. The highest BCUT2D eigenvalue weighted by Gasteiger charge is 2.19. The Hall–Kier alpha value is -1.28. The molecule has 16 heavy (non-hydrogen) atoms. The Bertz CT molecular complexity index is 460. The molecule has 0 radical (unpaired) electrons. The zero-order chi connectivity index (χ0) is 11.5. The lowest BCUT2D eigenvalue weighted by Gasteiger charge is -2.21. The lowest BCUT2D eigenvalue weighted by atomic mass is 9.92. The Morgan fingerprint density at radius 2 is 2.06 bits per heavy atom. The zero-order valence-corrected chi connectivity index (χ0v) is 10.2. The summed E-state index contributed by atoms with van der Waals surface area (Å²) in [5.41, 5.74) is 2.24. The van der Waals surface area contributed by atoms with Crippen LogP contribution in [0.5, 0.6) is 0 Å². The van der Waals surface area contributed by atoms with Crippen molar-refractivity contribution in [3.05, 3.63) is 36.1 Å². The highest BCUT2D eigenvalue weighted by atomic mass is 16.3. The third-order valence-electron chi connectivity index (χ3n) is 3.37. The van der Waals surface area contributed by atoms with Crippen LogP contribution in [0.4, 0.5) is 0 Å². The molecule has 2 heteroatoms. The highest BCUT2D eigenvalue weighted by molar-refractivity contribution is 5.81. The maximum absolute atomic E-state index is 5.59. The first kappa shape index (κ1) is 11.2. The fraction of sp³-hybridized carbons (Fsp3) is 0.429. The fourth-order valence-corrected chi connectivity index (χ4v) is 2.22. The number of para-hydroxylation sites is 1. The minimum atomic E-state index is 0.369. The smallest absolute Gasteiger partial charge is 0.134 e. The molecule has 1 aromatic carbocycles. The van der Waals surface area contributed by atoms with Crippen LogP contribution in [0.1, 0.15) is 31.9 Å². The van der Waals surface area contributed by atoms with Gasteiger partial charge in [0.1, 0.15) is 5.58 Å². The summed E-state index contributed by atoms with van der Waals surface area (Å²) in [5.74, 6) is 0.603. The molecule has 2 atom stereocenters. The van der Waals surface area contributed by atoms with Crippen LogP contribution in [-0.4, -0.2) is 7.05 Å². The summed E-state index contributed by atoms with van der Waals surface area (Å²) >= 11 is 0. The molecule has 86 valence electrons. The molecule has 0 saturated carbocycles. The first-order chi connectivity index (χ1) is 7.77. The van der Waals surface area contributed by atoms with E-state index in [-0.39, 0.29) is 0 Å². The Kier molecular flexibility index (Phi) is 3.30. The standard InChI is InChI=1S/C14H19NO/c1-4-10(2)14(15-3)12-9-16-13-8-6-5-7-11(12)13/h5-10,14-15H,4H2,1-3H3. The third-order valence-corrected chi connectivity index (χ3v) is 3.37. The number of nitrogens with one attached hydrogen (secondary N) is 1. The molecule has 2 rings (SSSR count). The average molecular weight is 217 g/mol. The molecule has 0 spiro atoms. The van der Waals surface area contributed by atoms with Gasteiger partial charge in [0.05, 0.1) is 6.26 Å². The van der Waals surface area contributed by atoms with E-state index in [1.165, 1.54) is 10.9 Å². The van der Waals surface area contributed by atoms with Crippen LogP contribution in [-0.2, 0) is 0 Å². The van der Waals surface area contributed by atoms with Crippen molar-refractivity contribution in [2.75, 3.05) is 7.05 Å². The monoisotopic (exact) mass is 217 g/mol. The molecule has 1 heterocycles. The molecule has 0 bridgehead atoms. The van der Waals surface area contributed by atoms with E-state index >= 15 is 0 Å². The van der Waals surface area contributed by atoms with E-state index in [4.69, 9.17) is 4.42 Å². The number of hydrogen-bond donors (Lipinski definition) is 1. The van der Waals surface area contributed by atoms with Crippen LogP contribution in [0, 0.1) is 5.92 Å². The van der Waals surface area contributed by atoms with E-state index in [1.807, 2.05) is 25.4 Å². The first-order valence-corrected chi connectivity index (χ1v) is 5.91. The van der Waals surface area contributed by atoms with Gasteiger partial charge in [0, 0.05) is 17.0 Å². The van der Waals surface area contributed by atoms with E-state index < -0.39 is 0 Å². The van der Waals surface area contributed by atoms with E-state index in [1.54, 1.807) is 0 Å². The lowest BCUT2D eigenvalue weighted by molar-refractivity contribution is 0.398. The van der Waals surface area contributed by atoms with Crippen molar-refractivity contribution < 1.29 is 4.42 Å². The van der Waals surface area contributed by atoms with Crippen molar-refractivity contribution in [2.24, 2.45) is 5.92 Å². The molecule has 2 nitrogen and oxygen atoms in total. The van der Waals surface area contributed by atoms with Gasteiger partial charge in [0.15, 0.2) is 0 Å². The summed E-state index contributed by atoms with van der Waals surface area (Å²) in [6, 6.07) is 8.58. The van der Waals surface area contributed by atoms with Crippen LogP contribution < -0.4 is 5.32 Å². The van der Waals surface area contributed by atoms with Gasteiger partial charge in [0.25, 0.3) is 0 Å². The normalized spacial score (nSPS) is 15.2. The fourth-order valence-electron chi connectivity index (χ4n) is 2.22. The number of hydrogen-bond acceptors (Lipinski definition) is 2. The van der Waals surface area contributed by atoms with E-state index in [0.717, 1.165) is 12.0 Å². The molecule has 0 saturated heterocycles. The van der Waals surface area contributed by atoms with Gasteiger partial charge >= 0.3 is 0 Å². The predicted octanol–water partition coefficient (Wildman–Crippen LogP) is 3.74. The summed E-state index contributed by atoms with van der Waals surface area (Å²) in [6.45, 7) is 4.49. The summed E-state index contributed by atoms with van der Waals surface area (Å²) in [6.07, 6.45) is 3.04. The maximum Gasteiger partial charge on any atom is 0.134 e. The molecule has 0 aliphatic heterocycles. The topological polar surface area (TPSA) is 25.2 Å². The van der Waals surface area contributed by atoms with Gasteiger partial charge in [-0.25, -0.2) is 0 Å². The second kappa shape index (κ2) is 4.71. The molecule has 1 aromatic heterocycles. The second-order valence-corrected chi connectivity index (χ2v) is 4.34. The Labute approximate surface area is 96.6 Å². The van der Waals surface area contributed by atoms with Gasteiger partial charge in [0.2, 0.25) is 0 Å². The first-order valence-electron chi connectivity index (χ1n) is 5.91. The molecule has 0 amide bonds. The number of fused-ring (bicyclic) bond motifs is 1. The summed E-state index contributed by atoms with van der Waals surface area (Å²) in [7, 11) is 2.01. The van der Waals surface area contributed by atoms with Crippen molar-refractivity contribution in [3.8, 4) is 0 Å². The van der Waals surface area contributed by atoms with Gasteiger partial charge in [-0.1, -0.05) is 38.5 Å². The maximum atomic E-state index is 5.59. The van der Waals surface area contributed by atoms with Gasteiger partial charge < -0.3 is 9.73 Å². The molecule has 0 fully saturated rings. The quantitative estimate of drug-likeness (QED) is 0.844. The van der Waals surface area contributed by atoms with E-state index in [2.05, 4.69) is 31.3 Å². The minimum absolute atomic E-state index is 0.369. The Morgan fingerprint density at radius 1 is 1.31 bits per heavy atom. The largest absolute Gasteiger partial charge is 0.464 e. The van der Waals surface area contributed by atoms with E-state index in [0.29, 0.717) is 12.0 Å². The second-order valence-electron chi connectivity index (χ2n) is 4.34. The van der Waals surface area contributed by atoms with Crippen LogP contribution in [0.2, 0.25) is 0 Å². The average Bonchev–Trinajstić information content (AvgIpc) is 2.74. The van der Waals surface area contributed by atoms with Gasteiger partial charge in [-0.05, 0) is 19.0 Å². The lowest BCUT2D eigenvalue weighted by Crippen LogP contribution is -2.22. The molecular formula is C14H19NO. The van der Waals surface area contributed by atoms with Crippen molar-refractivity contribution in [1.82, 2.24) is 5.32 Å². The molecule has 2 aromatic rings. The Morgan fingerprint density at radius 3 is 2.75 bits per heavy atom. The molecule has 2 unspecified atom stereocenters.